The molecule has 1 heteroatoms. The van der Waals surface area contributed by atoms with Crippen LogP contribution in [-0.2, 0) is 0 Å². The fraction of sp³-hybridized carbons (Fsp3) is 0. The first-order valence-corrected chi connectivity index (χ1v) is 4.08. The van der Waals surface area contributed by atoms with E-state index in [1.165, 1.54) is 0 Å². The summed E-state index contributed by atoms with van der Waals surface area (Å²) < 4.78 is 0. The van der Waals surface area contributed by atoms with E-state index in [-0.39, 0.29) is 0 Å². The zero-order chi connectivity index (χ0) is 9.68. The molecule has 0 amide bonds. The third kappa shape index (κ3) is 2.64. The smallest absolute Gasteiger partial charge is 0.0247 e. The van der Waals surface area contributed by atoms with E-state index in [1.54, 1.807) is 6.08 Å². The summed E-state index contributed by atoms with van der Waals surface area (Å²) in [5.41, 5.74) is 8.12. The Morgan fingerprint density at radius 2 is 1.85 bits per heavy atom. The predicted octanol–water partition coefficient (Wildman–Crippen LogP) is 2.73. The minimum atomic E-state index is 0.541. The van der Waals surface area contributed by atoms with E-state index in [2.05, 4.69) is 13.2 Å². The summed E-state index contributed by atoms with van der Waals surface area (Å²) in [6.07, 6.45) is 3.58. The molecule has 1 aromatic carbocycles. The Hall–Kier alpha value is -1.76. The van der Waals surface area contributed by atoms with Gasteiger partial charge in [0.1, 0.15) is 0 Å². The zero-order valence-electron chi connectivity index (χ0n) is 7.53. The lowest BCUT2D eigenvalue weighted by Crippen LogP contribution is -1.91. The maximum atomic E-state index is 5.49. The quantitative estimate of drug-likeness (QED) is 0.695. The average molecular weight is 171 g/mol. The van der Waals surface area contributed by atoms with Crippen molar-refractivity contribution in [2.75, 3.05) is 0 Å². The van der Waals surface area contributed by atoms with Gasteiger partial charge in [0.2, 0.25) is 0 Å². The van der Waals surface area contributed by atoms with Crippen LogP contribution in [0, 0.1) is 0 Å². The molecular weight excluding hydrogens is 158 g/mol. The highest BCUT2D eigenvalue weighted by Gasteiger charge is 1.94. The maximum absolute atomic E-state index is 5.49. The third-order valence-corrected chi connectivity index (χ3v) is 1.67. The molecule has 0 fully saturated rings. The maximum Gasteiger partial charge on any atom is 0.0247 e. The Bertz CT molecular complexity index is 333. The molecule has 0 aliphatic heterocycles. The van der Waals surface area contributed by atoms with Gasteiger partial charge in [0, 0.05) is 5.70 Å². The number of nitrogens with two attached hydrogens (primary N) is 1. The first-order valence-electron chi connectivity index (χ1n) is 4.08. The summed E-state index contributed by atoms with van der Waals surface area (Å²) in [5.74, 6) is 0. The van der Waals surface area contributed by atoms with Gasteiger partial charge in [-0.1, -0.05) is 49.6 Å². The number of allylic oxidation sites excluding steroid dienone is 3. The van der Waals surface area contributed by atoms with Gasteiger partial charge in [0.05, 0.1) is 0 Å². The topological polar surface area (TPSA) is 26.0 Å². The molecule has 0 unspecified atom stereocenters. The van der Waals surface area contributed by atoms with Gasteiger partial charge in [-0.3, -0.25) is 0 Å². The van der Waals surface area contributed by atoms with Gasteiger partial charge in [-0.25, -0.2) is 0 Å². The molecule has 2 N–H and O–H groups in total. The molecule has 0 aliphatic carbocycles. The van der Waals surface area contributed by atoms with Crippen LogP contribution in [0.3, 0.4) is 0 Å². The molecular formula is C12H13N. The SMILES string of the molecule is C=C/C(=C\C(=C)N)c1ccccc1. The lowest BCUT2D eigenvalue weighted by atomic mass is 10.1. The number of hydrogen-bond acceptors (Lipinski definition) is 1. The van der Waals surface area contributed by atoms with E-state index in [4.69, 9.17) is 5.73 Å². The van der Waals surface area contributed by atoms with Gasteiger partial charge in [-0.15, -0.1) is 0 Å². The fourth-order valence-corrected chi connectivity index (χ4v) is 1.09. The van der Waals surface area contributed by atoms with Crippen LogP contribution in [0.1, 0.15) is 5.56 Å². The first kappa shape index (κ1) is 9.33. The van der Waals surface area contributed by atoms with Gasteiger partial charge in [0.25, 0.3) is 0 Å². The molecule has 0 radical (unpaired) electrons. The van der Waals surface area contributed by atoms with Crippen LogP contribution in [0.5, 0.6) is 0 Å². The molecule has 0 aromatic heterocycles. The molecule has 1 nitrogen and oxygen atoms in total. The van der Waals surface area contributed by atoms with Crippen molar-refractivity contribution in [2.45, 2.75) is 0 Å². The van der Waals surface area contributed by atoms with E-state index >= 15 is 0 Å². The molecule has 0 bridgehead atoms. The molecule has 0 saturated heterocycles. The first-order chi connectivity index (χ1) is 6.24. The summed E-state index contributed by atoms with van der Waals surface area (Å²) in [6, 6.07) is 9.95. The van der Waals surface area contributed by atoms with Crippen LogP contribution in [0.4, 0.5) is 0 Å². The molecule has 0 heterocycles. The van der Waals surface area contributed by atoms with Crippen LogP contribution in [0.25, 0.3) is 5.57 Å². The summed E-state index contributed by atoms with van der Waals surface area (Å²) in [5, 5.41) is 0. The Labute approximate surface area is 78.9 Å². The molecule has 0 spiro atoms. The number of benzene rings is 1. The Kier molecular flexibility index (Phi) is 3.09. The molecule has 1 rings (SSSR count). The highest BCUT2D eigenvalue weighted by atomic mass is 14.5. The van der Waals surface area contributed by atoms with Crippen LogP contribution in [0.2, 0.25) is 0 Å². The van der Waals surface area contributed by atoms with Gasteiger partial charge >= 0.3 is 0 Å². The lowest BCUT2D eigenvalue weighted by Gasteiger charge is -2.01. The molecule has 66 valence electrons. The van der Waals surface area contributed by atoms with E-state index in [9.17, 15) is 0 Å². The highest BCUT2D eigenvalue weighted by molar-refractivity contribution is 5.75. The average Bonchev–Trinajstić information content (AvgIpc) is 2.15. The van der Waals surface area contributed by atoms with Crippen molar-refractivity contribution in [1.29, 1.82) is 0 Å². The van der Waals surface area contributed by atoms with Crippen LogP contribution in [0.15, 0.2) is 61.3 Å². The normalized spacial score (nSPS) is 10.9. The Morgan fingerprint density at radius 3 is 2.31 bits per heavy atom. The molecule has 13 heavy (non-hydrogen) atoms. The predicted molar refractivity (Wildman–Crippen MR) is 57.9 cm³/mol. The Balaban J connectivity index is 3.05. The van der Waals surface area contributed by atoms with E-state index in [0.29, 0.717) is 5.70 Å². The molecule has 1 aromatic rings. The monoisotopic (exact) mass is 171 g/mol. The zero-order valence-corrected chi connectivity index (χ0v) is 7.53. The summed E-state index contributed by atoms with van der Waals surface area (Å²) in [6.45, 7) is 7.35. The highest BCUT2D eigenvalue weighted by Crippen LogP contribution is 2.15. The molecule has 0 atom stereocenters. The van der Waals surface area contributed by atoms with Gasteiger partial charge in [-0.2, -0.15) is 0 Å². The minimum Gasteiger partial charge on any atom is -0.399 e. The summed E-state index contributed by atoms with van der Waals surface area (Å²) in [7, 11) is 0. The second-order valence-corrected chi connectivity index (χ2v) is 2.74. The minimum absolute atomic E-state index is 0.541. The summed E-state index contributed by atoms with van der Waals surface area (Å²) >= 11 is 0. The van der Waals surface area contributed by atoms with Gasteiger partial charge in [-0.05, 0) is 17.2 Å². The van der Waals surface area contributed by atoms with Gasteiger partial charge < -0.3 is 5.73 Å². The van der Waals surface area contributed by atoms with Crippen molar-refractivity contribution in [2.24, 2.45) is 5.73 Å². The van der Waals surface area contributed by atoms with Crippen molar-refractivity contribution < 1.29 is 0 Å². The second kappa shape index (κ2) is 4.31. The van der Waals surface area contributed by atoms with Crippen molar-refractivity contribution in [3.8, 4) is 0 Å². The third-order valence-electron chi connectivity index (χ3n) is 1.67. The van der Waals surface area contributed by atoms with Crippen molar-refractivity contribution in [3.05, 3.63) is 66.9 Å². The van der Waals surface area contributed by atoms with Crippen molar-refractivity contribution in [1.82, 2.24) is 0 Å². The fourth-order valence-electron chi connectivity index (χ4n) is 1.09. The Morgan fingerprint density at radius 1 is 1.23 bits per heavy atom. The van der Waals surface area contributed by atoms with Crippen molar-refractivity contribution >= 4 is 5.57 Å². The van der Waals surface area contributed by atoms with E-state index in [1.807, 2.05) is 36.4 Å². The standard InChI is InChI=1S/C12H13N/c1-3-11(9-10(2)13)12-7-5-4-6-8-12/h3-9H,1-2,13H2/b11-9+. The van der Waals surface area contributed by atoms with Crippen molar-refractivity contribution in [3.63, 3.8) is 0 Å². The largest absolute Gasteiger partial charge is 0.399 e. The molecule has 0 saturated carbocycles. The van der Waals surface area contributed by atoms with E-state index in [0.717, 1.165) is 11.1 Å². The van der Waals surface area contributed by atoms with Crippen LogP contribution < -0.4 is 5.73 Å². The summed E-state index contributed by atoms with van der Waals surface area (Å²) in [4.78, 5) is 0. The number of hydrogen-bond donors (Lipinski definition) is 1. The van der Waals surface area contributed by atoms with Crippen LogP contribution >= 0.6 is 0 Å². The van der Waals surface area contributed by atoms with E-state index < -0.39 is 0 Å². The molecule has 0 aliphatic rings. The number of rotatable bonds is 3. The second-order valence-electron chi connectivity index (χ2n) is 2.74. The van der Waals surface area contributed by atoms with Gasteiger partial charge in [0.15, 0.2) is 0 Å². The lowest BCUT2D eigenvalue weighted by molar-refractivity contribution is 1.45. The van der Waals surface area contributed by atoms with Crippen LogP contribution in [-0.4, -0.2) is 0 Å².